The maximum absolute atomic E-state index is 9.87. The van der Waals surface area contributed by atoms with Gasteiger partial charge in [0.2, 0.25) is 12.2 Å². The van der Waals surface area contributed by atoms with E-state index < -0.39 is 0 Å². The van der Waals surface area contributed by atoms with Crippen molar-refractivity contribution in [3.05, 3.63) is 12.3 Å². The molecule has 0 saturated heterocycles. The van der Waals surface area contributed by atoms with Crippen LogP contribution in [0.2, 0.25) is 0 Å². The highest BCUT2D eigenvalue weighted by Crippen LogP contribution is 2.12. The first-order valence-electron chi connectivity index (χ1n) is 8.67. The average Bonchev–Trinajstić information content (AvgIpc) is 2.54. The Morgan fingerprint density at radius 3 is 1.64 bits per heavy atom. The second-order valence-electron chi connectivity index (χ2n) is 5.61. The quantitative estimate of drug-likeness (QED) is 0.222. The summed E-state index contributed by atoms with van der Waals surface area (Å²) in [7, 11) is 0. The van der Waals surface area contributed by atoms with Crippen molar-refractivity contribution in [1.29, 1.82) is 0 Å². The number of nitrogens with zero attached hydrogens (tertiary/aromatic N) is 2. The van der Waals surface area contributed by atoms with E-state index in [0.717, 1.165) is 12.8 Å². The molecule has 0 aromatic carbocycles. The van der Waals surface area contributed by atoms with Crippen molar-refractivity contribution in [3.8, 4) is 0 Å². The van der Waals surface area contributed by atoms with E-state index in [-0.39, 0.29) is 0 Å². The van der Waals surface area contributed by atoms with E-state index in [0.29, 0.717) is 6.54 Å². The average molecular weight is 306 g/mol. The Kier molecular flexibility index (Phi) is 18.2. The Bertz CT molecular complexity index is 354. The number of aliphatic imine (C=N–C) groups is 2. The van der Waals surface area contributed by atoms with Crippen LogP contribution < -0.4 is 0 Å². The minimum Gasteiger partial charge on any atom is -0.211 e. The van der Waals surface area contributed by atoms with Crippen LogP contribution in [0.1, 0.15) is 83.5 Å². The molecule has 4 nitrogen and oxygen atoms in total. The van der Waals surface area contributed by atoms with E-state index in [2.05, 4.69) is 9.98 Å². The molecule has 0 spiro atoms. The molecule has 0 aliphatic carbocycles. The SMILES string of the molecule is O=C=NC=CCCCCCCCCCCCCCCN=C=O. The molecule has 0 aliphatic heterocycles. The number of unbranched alkanes of at least 4 members (excludes halogenated alkanes) is 12. The lowest BCUT2D eigenvalue weighted by Gasteiger charge is -2.02. The van der Waals surface area contributed by atoms with Crippen molar-refractivity contribution in [2.45, 2.75) is 83.5 Å². The maximum atomic E-state index is 9.87. The number of rotatable bonds is 16. The highest BCUT2D eigenvalue weighted by atomic mass is 16.1. The van der Waals surface area contributed by atoms with Gasteiger partial charge in [0, 0.05) is 6.20 Å². The van der Waals surface area contributed by atoms with Gasteiger partial charge in [0.15, 0.2) is 0 Å². The van der Waals surface area contributed by atoms with Gasteiger partial charge in [0.1, 0.15) is 0 Å². The summed E-state index contributed by atoms with van der Waals surface area (Å²) in [5.41, 5.74) is 0. The summed E-state index contributed by atoms with van der Waals surface area (Å²) in [6, 6.07) is 0. The molecule has 0 saturated carbocycles. The number of isocyanates is 2. The first-order valence-corrected chi connectivity index (χ1v) is 8.67. The van der Waals surface area contributed by atoms with Gasteiger partial charge in [0.05, 0.1) is 6.54 Å². The molecule has 0 aromatic rings. The molecule has 0 amide bonds. The van der Waals surface area contributed by atoms with Crippen LogP contribution in [0.5, 0.6) is 0 Å². The summed E-state index contributed by atoms with van der Waals surface area (Å²) >= 11 is 0. The highest BCUT2D eigenvalue weighted by Gasteiger charge is 1.93. The largest absolute Gasteiger partial charge is 0.239 e. The Labute approximate surface area is 134 Å². The van der Waals surface area contributed by atoms with Gasteiger partial charge in [-0.1, -0.05) is 70.3 Å². The summed E-state index contributed by atoms with van der Waals surface area (Å²) in [6.45, 7) is 0.642. The van der Waals surface area contributed by atoms with Gasteiger partial charge in [0.25, 0.3) is 0 Å². The van der Waals surface area contributed by atoms with Crippen LogP contribution in [-0.4, -0.2) is 18.7 Å². The second kappa shape index (κ2) is 19.5. The first-order chi connectivity index (χ1) is 10.9. The first kappa shape index (κ1) is 20.5. The van der Waals surface area contributed by atoms with Gasteiger partial charge in [-0.15, -0.1) is 0 Å². The molecular formula is C18H30N2O2. The lowest BCUT2D eigenvalue weighted by Crippen LogP contribution is -1.84. The molecule has 124 valence electrons. The van der Waals surface area contributed by atoms with Crippen LogP contribution >= 0.6 is 0 Å². The van der Waals surface area contributed by atoms with E-state index in [9.17, 15) is 9.59 Å². The van der Waals surface area contributed by atoms with Gasteiger partial charge < -0.3 is 0 Å². The zero-order chi connectivity index (χ0) is 16.1. The molecular weight excluding hydrogens is 276 g/mol. The topological polar surface area (TPSA) is 58.9 Å². The van der Waals surface area contributed by atoms with Crippen LogP contribution in [0.15, 0.2) is 22.3 Å². The number of carbonyl (C=O) groups excluding carboxylic acids is 2. The normalized spacial score (nSPS) is 10.4. The van der Waals surface area contributed by atoms with E-state index in [1.807, 2.05) is 6.08 Å². The molecule has 0 N–H and O–H groups in total. The van der Waals surface area contributed by atoms with Crippen molar-refractivity contribution < 1.29 is 9.59 Å². The minimum absolute atomic E-state index is 0.642. The summed E-state index contributed by atoms with van der Waals surface area (Å²) in [5.74, 6) is 0. The fourth-order valence-electron chi connectivity index (χ4n) is 2.42. The van der Waals surface area contributed by atoms with Crippen molar-refractivity contribution >= 4 is 12.2 Å². The number of hydrogen-bond donors (Lipinski definition) is 0. The van der Waals surface area contributed by atoms with Crippen LogP contribution in [0.3, 0.4) is 0 Å². The molecule has 0 bridgehead atoms. The maximum Gasteiger partial charge on any atom is 0.239 e. The summed E-state index contributed by atoms with van der Waals surface area (Å²) in [5, 5.41) is 0. The fraction of sp³-hybridized carbons (Fsp3) is 0.778. The minimum atomic E-state index is 0.642. The Balaban J connectivity index is 3.05. The van der Waals surface area contributed by atoms with Gasteiger partial charge in [-0.05, 0) is 19.3 Å². The summed E-state index contributed by atoms with van der Waals surface area (Å²) < 4.78 is 0. The molecule has 4 heteroatoms. The van der Waals surface area contributed by atoms with E-state index >= 15 is 0 Å². The molecule has 0 aromatic heterocycles. The zero-order valence-corrected chi connectivity index (χ0v) is 13.8. The van der Waals surface area contributed by atoms with Crippen LogP contribution in [0.4, 0.5) is 0 Å². The van der Waals surface area contributed by atoms with Crippen molar-refractivity contribution in [1.82, 2.24) is 0 Å². The third-order valence-corrected chi connectivity index (χ3v) is 3.69. The Hall–Kier alpha value is -1.50. The molecule has 0 unspecified atom stereocenters. The van der Waals surface area contributed by atoms with Crippen molar-refractivity contribution in [2.75, 3.05) is 6.54 Å². The summed E-state index contributed by atoms with van der Waals surface area (Å²) in [4.78, 5) is 26.6. The van der Waals surface area contributed by atoms with Gasteiger partial charge in [-0.2, -0.15) is 4.99 Å². The lowest BCUT2D eigenvalue weighted by atomic mass is 10.0. The third kappa shape index (κ3) is 18.5. The van der Waals surface area contributed by atoms with Crippen molar-refractivity contribution in [2.24, 2.45) is 9.98 Å². The molecule has 0 heterocycles. The molecule has 22 heavy (non-hydrogen) atoms. The van der Waals surface area contributed by atoms with Gasteiger partial charge in [-0.3, -0.25) is 0 Å². The molecule has 0 fully saturated rings. The highest BCUT2D eigenvalue weighted by molar-refractivity contribution is 5.34. The molecule has 0 atom stereocenters. The smallest absolute Gasteiger partial charge is 0.211 e. The zero-order valence-electron chi connectivity index (χ0n) is 13.8. The number of hydrogen-bond acceptors (Lipinski definition) is 4. The van der Waals surface area contributed by atoms with E-state index in [1.54, 1.807) is 6.08 Å². The van der Waals surface area contributed by atoms with E-state index in [1.165, 1.54) is 82.9 Å². The van der Waals surface area contributed by atoms with Gasteiger partial charge in [-0.25, -0.2) is 14.6 Å². The number of allylic oxidation sites excluding steroid dienone is 1. The molecule has 0 aliphatic rings. The Morgan fingerprint density at radius 2 is 1.14 bits per heavy atom. The van der Waals surface area contributed by atoms with Crippen LogP contribution in [-0.2, 0) is 9.59 Å². The fourth-order valence-corrected chi connectivity index (χ4v) is 2.42. The molecule has 0 rings (SSSR count). The predicted molar refractivity (Wildman–Crippen MR) is 90.3 cm³/mol. The monoisotopic (exact) mass is 306 g/mol. The predicted octanol–water partition coefficient (Wildman–Crippen LogP) is 5.24. The summed E-state index contributed by atoms with van der Waals surface area (Å²) in [6.07, 6.45) is 22.8. The van der Waals surface area contributed by atoms with Crippen LogP contribution in [0, 0.1) is 0 Å². The van der Waals surface area contributed by atoms with E-state index in [4.69, 9.17) is 0 Å². The van der Waals surface area contributed by atoms with Crippen molar-refractivity contribution in [3.63, 3.8) is 0 Å². The standard InChI is InChI=1S/C18H30N2O2/c21-17-19-15-13-11-9-7-5-3-1-2-4-6-8-10-12-14-16-20-18-22/h13,15H,1-12,14,16H2. The lowest BCUT2D eigenvalue weighted by molar-refractivity contribution is 0.541. The Morgan fingerprint density at radius 1 is 0.636 bits per heavy atom. The van der Waals surface area contributed by atoms with Crippen LogP contribution in [0.25, 0.3) is 0 Å². The molecule has 0 radical (unpaired) electrons. The second-order valence-corrected chi connectivity index (χ2v) is 5.61. The van der Waals surface area contributed by atoms with Gasteiger partial charge >= 0.3 is 0 Å². The third-order valence-electron chi connectivity index (χ3n) is 3.69.